The van der Waals surface area contributed by atoms with Crippen molar-refractivity contribution in [1.82, 2.24) is 9.88 Å². The number of nitrogens with zero attached hydrogens (tertiary/aromatic N) is 2. The van der Waals surface area contributed by atoms with Gasteiger partial charge in [-0.1, -0.05) is 42.5 Å². The number of amides is 2. The van der Waals surface area contributed by atoms with Crippen LogP contribution >= 0.6 is 0 Å². The van der Waals surface area contributed by atoms with Gasteiger partial charge in [0.15, 0.2) is 0 Å². The summed E-state index contributed by atoms with van der Waals surface area (Å²) in [5.41, 5.74) is 2.68. The van der Waals surface area contributed by atoms with Crippen LogP contribution in [-0.4, -0.2) is 28.2 Å². The highest BCUT2D eigenvalue weighted by Crippen LogP contribution is 2.22. The number of aromatic nitrogens is 1. The van der Waals surface area contributed by atoms with Gasteiger partial charge in [0.05, 0.1) is 16.8 Å². The van der Waals surface area contributed by atoms with E-state index in [-0.39, 0.29) is 18.4 Å². The van der Waals surface area contributed by atoms with Gasteiger partial charge in [-0.05, 0) is 23.8 Å². The monoisotopic (exact) mass is 344 g/mol. The molecule has 1 aliphatic rings. The van der Waals surface area contributed by atoms with Crippen molar-refractivity contribution >= 4 is 24.0 Å². The van der Waals surface area contributed by atoms with E-state index in [9.17, 15) is 9.59 Å². The van der Waals surface area contributed by atoms with Gasteiger partial charge in [-0.3, -0.25) is 14.5 Å². The molecule has 26 heavy (non-hydrogen) atoms. The highest BCUT2D eigenvalue weighted by molar-refractivity contribution is 6.21. The van der Waals surface area contributed by atoms with Gasteiger partial charge in [0.2, 0.25) is 5.89 Å². The van der Waals surface area contributed by atoms with Gasteiger partial charge in [0, 0.05) is 19.0 Å². The van der Waals surface area contributed by atoms with Crippen molar-refractivity contribution in [2.75, 3.05) is 6.54 Å². The zero-order chi connectivity index (χ0) is 17.9. The van der Waals surface area contributed by atoms with Crippen LogP contribution < -0.4 is 0 Å². The normalized spacial score (nSPS) is 13.6. The van der Waals surface area contributed by atoms with Gasteiger partial charge in [0.1, 0.15) is 6.26 Å². The van der Waals surface area contributed by atoms with Crippen molar-refractivity contribution in [2.24, 2.45) is 0 Å². The molecule has 2 heterocycles. The van der Waals surface area contributed by atoms with Crippen LogP contribution in [0.3, 0.4) is 0 Å². The van der Waals surface area contributed by atoms with Crippen LogP contribution in [0.15, 0.2) is 65.3 Å². The molecule has 1 aliphatic heterocycles. The Morgan fingerprint density at radius 1 is 0.885 bits per heavy atom. The number of hydrogen-bond acceptors (Lipinski definition) is 4. The minimum atomic E-state index is -0.252. The summed E-state index contributed by atoms with van der Waals surface area (Å²) in [6.07, 6.45) is 5.72. The number of benzene rings is 2. The summed E-state index contributed by atoms with van der Waals surface area (Å²) in [6, 6.07) is 16.7. The lowest BCUT2D eigenvalue weighted by molar-refractivity contribution is 0.0656. The Labute approximate surface area is 150 Å². The van der Waals surface area contributed by atoms with E-state index in [0.29, 0.717) is 29.1 Å². The Hall–Kier alpha value is -3.47. The van der Waals surface area contributed by atoms with E-state index in [1.807, 2.05) is 36.4 Å². The Morgan fingerprint density at radius 3 is 2.23 bits per heavy atom. The molecule has 0 saturated carbocycles. The number of hydrogen-bond donors (Lipinski definition) is 0. The lowest BCUT2D eigenvalue weighted by Crippen LogP contribution is -2.31. The van der Waals surface area contributed by atoms with Gasteiger partial charge in [-0.25, -0.2) is 4.98 Å². The van der Waals surface area contributed by atoms with E-state index in [4.69, 9.17) is 4.42 Å². The highest BCUT2D eigenvalue weighted by atomic mass is 16.3. The molecule has 0 fully saturated rings. The molecule has 1 aromatic heterocycles. The van der Waals surface area contributed by atoms with Gasteiger partial charge < -0.3 is 4.42 Å². The van der Waals surface area contributed by atoms with Crippen molar-refractivity contribution in [2.45, 2.75) is 6.42 Å². The Balaban J connectivity index is 1.41. The van der Waals surface area contributed by atoms with E-state index in [1.54, 1.807) is 36.6 Å². The highest BCUT2D eigenvalue weighted by Gasteiger charge is 2.34. The van der Waals surface area contributed by atoms with Crippen LogP contribution in [0.4, 0.5) is 0 Å². The molecule has 0 aliphatic carbocycles. The smallest absolute Gasteiger partial charge is 0.261 e. The maximum absolute atomic E-state index is 12.3. The molecule has 3 aromatic rings. The maximum Gasteiger partial charge on any atom is 0.261 e. The molecule has 0 bridgehead atoms. The SMILES string of the molecule is O=C1c2ccccc2C(=O)N1CCc1coc(C=Cc2ccccc2)n1. The van der Waals surface area contributed by atoms with Gasteiger partial charge in [0.25, 0.3) is 11.8 Å². The van der Waals surface area contributed by atoms with Crippen molar-refractivity contribution < 1.29 is 14.0 Å². The standard InChI is InChI=1S/C21H16N2O3/c24-20-17-8-4-5-9-18(17)21(25)23(20)13-12-16-14-26-19(22-16)11-10-15-6-2-1-3-7-15/h1-11,14H,12-13H2. The van der Waals surface area contributed by atoms with Crippen molar-refractivity contribution in [1.29, 1.82) is 0 Å². The van der Waals surface area contributed by atoms with Gasteiger partial charge in [-0.2, -0.15) is 0 Å². The molecule has 0 radical (unpaired) electrons. The van der Waals surface area contributed by atoms with Crippen LogP contribution in [0.2, 0.25) is 0 Å². The number of imide groups is 1. The third kappa shape index (κ3) is 3.07. The predicted molar refractivity (Wildman–Crippen MR) is 97.4 cm³/mol. The predicted octanol–water partition coefficient (Wildman–Crippen LogP) is 3.68. The number of carbonyl (C=O) groups is 2. The van der Waals surface area contributed by atoms with E-state index in [1.165, 1.54) is 4.90 Å². The van der Waals surface area contributed by atoms with Crippen molar-refractivity contribution in [3.63, 3.8) is 0 Å². The Morgan fingerprint density at radius 2 is 1.54 bits per heavy atom. The second kappa shape index (κ2) is 6.80. The van der Waals surface area contributed by atoms with Gasteiger partial charge >= 0.3 is 0 Å². The first-order valence-corrected chi connectivity index (χ1v) is 8.35. The average molecular weight is 344 g/mol. The Kier molecular flexibility index (Phi) is 4.19. The minimum Gasteiger partial charge on any atom is -0.445 e. The zero-order valence-corrected chi connectivity index (χ0v) is 14.0. The third-order valence-corrected chi connectivity index (χ3v) is 4.26. The molecule has 0 spiro atoms. The first-order chi connectivity index (χ1) is 12.7. The summed E-state index contributed by atoms with van der Waals surface area (Å²) in [4.78, 5) is 30.3. The molecule has 0 N–H and O–H groups in total. The largest absolute Gasteiger partial charge is 0.445 e. The number of oxazole rings is 1. The van der Waals surface area contributed by atoms with E-state index in [2.05, 4.69) is 4.98 Å². The van der Waals surface area contributed by atoms with E-state index < -0.39 is 0 Å². The summed E-state index contributed by atoms with van der Waals surface area (Å²) in [6.45, 7) is 0.278. The summed E-state index contributed by atoms with van der Waals surface area (Å²) < 4.78 is 5.43. The molecule has 0 saturated heterocycles. The van der Waals surface area contributed by atoms with Crippen LogP contribution in [0.5, 0.6) is 0 Å². The van der Waals surface area contributed by atoms with Crippen LogP contribution in [0.1, 0.15) is 37.9 Å². The van der Waals surface area contributed by atoms with Crippen molar-refractivity contribution in [3.8, 4) is 0 Å². The minimum absolute atomic E-state index is 0.252. The summed E-state index contributed by atoms with van der Waals surface area (Å²) in [7, 11) is 0. The fourth-order valence-corrected chi connectivity index (χ4v) is 2.91. The first-order valence-electron chi connectivity index (χ1n) is 8.35. The first kappa shape index (κ1) is 16.0. The summed E-state index contributed by atoms with van der Waals surface area (Å²) in [5.74, 6) is -0.0113. The Bertz CT molecular complexity index is 954. The van der Waals surface area contributed by atoms with Crippen LogP contribution in [0.25, 0.3) is 12.2 Å². The lowest BCUT2D eigenvalue weighted by Gasteiger charge is -2.12. The molecule has 0 atom stereocenters. The van der Waals surface area contributed by atoms with Gasteiger partial charge in [-0.15, -0.1) is 0 Å². The van der Waals surface area contributed by atoms with Crippen LogP contribution in [0, 0.1) is 0 Å². The molecule has 0 unspecified atom stereocenters. The number of fused-ring (bicyclic) bond motifs is 1. The topological polar surface area (TPSA) is 63.4 Å². The molecule has 4 rings (SSSR count). The average Bonchev–Trinajstić information content (AvgIpc) is 3.23. The second-order valence-electron chi connectivity index (χ2n) is 5.98. The molecular weight excluding hydrogens is 328 g/mol. The van der Waals surface area contributed by atoms with E-state index in [0.717, 1.165) is 5.56 Å². The van der Waals surface area contributed by atoms with Crippen LogP contribution in [-0.2, 0) is 6.42 Å². The van der Waals surface area contributed by atoms with E-state index >= 15 is 0 Å². The fourth-order valence-electron chi connectivity index (χ4n) is 2.91. The molecule has 128 valence electrons. The summed E-state index contributed by atoms with van der Waals surface area (Å²) in [5, 5.41) is 0. The third-order valence-electron chi connectivity index (χ3n) is 4.26. The quantitative estimate of drug-likeness (QED) is 0.662. The van der Waals surface area contributed by atoms with Crippen molar-refractivity contribution in [3.05, 3.63) is 89.1 Å². The molecule has 2 aromatic carbocycles. The number of carbonyl (C=O) groups excluding carboxylic acids is 2. The lowest BCUT2D eigenvalue weighted by atomic mass is 10.1. The molecule has 5 nitrogen and oxygen atoms in total. The molecule has 2 amide bonds. The summed E-state index contributed by atoms with van der Waals surface area (Å²) >= 11 is 0. The zero-order valence-electron chi connectivity index (χ0n) is 14.0. The fraction of sp³-hybridized carbons (Fsp3) is 0.0952. The molecule has 5 heteroatoms. The molecular formula is C21H16N2O3. The second-order valence-corrected chi connectivity index (χ2v) is 5.98. The number of rotatable bonds is 5. The maximum atomic E-state index is 12.3.